The molecule has 3 heterocycles. The number of hydrogen-bond donors (Lipinski definition) is 0. The lowest BCUT2D eigenvalue weighted by atomic mass is 10.00. The highest BCUT2D eigenvalue weighted by molar-refractivity contribution is 5.71. The van der Waals surface area contributed by atoms with Crippen LogP contribution in [0.5, 0.6) is 5.75 Å². The quantitative estimate of drug-likeness (QED) is 0.413. The number of anilines is 1. The Bertz CT molecular complexity index is 1180. The summed E-state index contributed by atoms with van der Waals surface area (Å²) in [4.78, 5) is 7.52. The van der Waals surface area contributed by atoms with Crippen LogP contribution in [0.15, 0.2) is 66.7 Å². The average Bonchev–Trinajstić information content (AvgIpc) is 3.28. The van der Waals surface area contributed by atoms with E-state index in [9.17, 15) is 0 Å². The SMILES string of the molecule is CC[C@@H]1CCCCN1c1cc(-c2ccccc2)nc2cc(-c3cccc(OC)c3)nn12. The second kappa shape index (κ2) is 8.42. The predicted molar refractivity (Wildman–Crippen MR) is 126 cm³/mol. The first-order valence-corrected chi connectivity index (χ1v) is 11.1. The van der Waals surface area contributed by atoms with E-state index in [1.54, 1.807) is 7.11 Å². The topological polar surface area (TPSA) is 42.7 Å². The van der Waals surface area contributed by atoms with E-state index in [4.69, 9.17) is 14.8 Å². The largest absolute Gasteiger partial charge is 0.497 e. The third kappa shape index (κ3) is 3.76. The summed E-state index contributed by atoms with van der Waals surface area (Å²) < 4.78 is 7.44. The van der Waals surface area contributed by atoms with Gasteiger partial charge in [0.05, 0.1) is 18.5 Å². The van der Waals surface area contributed by atoms with Crippen LogP contribution < -0.4 is 9.64 Å². The molecule has 1 aliphatic rings. The van der Waals surface area contributed by atoms with E-state index < -0.39 is 0 Å². The first-order valence-electron chi connectivity index (χ1n) is 11.1. The van der Waals surface area contributed by atoms with Crippen molar-refractivity contribution < 1.29 is 4.74 Å². The fourth-order valence-corrected chi connectivity index (χ4v) is 4.57. The first-order chi connectivity index (χ1) is 15.3. The molecule has 1 aliphatic heterocycles. The van der Waals surface area contributed by atoms with E-state index in [0.717, 1.165) is 52.7 Å². The molecule has 1 saturated heterocycles. The number of piperidine rings is 1. The minimum atomic E-state index is 0.535. The van der Waals surface area contributed by atoms with Crippen LogP contribution in [0.4, 0.5) is 5.82 Å². The zero-order chi connectivity index (χ0) is 21.2. The van der Waals surface area contributed by atoms with Crippen LogP contribution in [-0.4, -0.2) is 34.3 Å². The summed E-state index contributed by atoms with van der Waals surface area (Å²) in [6.45, 7) is 3.34. The zero-order valence-corrected chi connectivity index (χ0v) is 18.2. The summed E-state index contributed by atoms with van der Waals surface area (Å²) in [6.07, 6.45) is 4.87. The Morgan fingerprint density at radius 1 is 0.935 bits per heavy atom. The summed E-state index contributed by atoms with van der Waals surface area (Å²) in [5, 5.41) is 4.99. The normalized spacial score (nSPS) is 16.6. The number of rotatable bonds is 5. The van der Waals surface area contributed by atoms with Crippen LogP contribution in [0.25, 0.3) is 28.2 Å². The fraction of sp³-hybridized carbons (Fsp3) is 0.308. The Morgan fingerprint density at radius 2 is 1.77 bits per heavy atom. The van der Waals surface area contributed by atoms with Crippen molar-refractivity contribution in [2.45, 2.75) is 38.6 Å². The van der Waals surface area contributed by atoms with Crippen molar-refractivity contribution in [3.63, 3.8) is 0 Å². The molecule has 5 nitrogen and oxygen atoms in total. The molecule has 158 valence electrons. The highest BCUT2D eigenvalue weighted by Crippen LogP contribution is 2.32. The molecule has 4 aromatic rings. The Morgan fingerprint density at radius 3 is 2.58 bits per heavy atom. The molecule has 0 amide bonds. The highest BCUT2D eigenvalue weighted by Gasteiger charge is 2.25. The Labute approximate surface area is 183 Å². The molecule has 5 heteroatoms. The third-order valence-electron chi connectivity index (χ3n) is 6.24. The van der Waals surface area contributed by atoms with Crippen molar-refractivity contribution in [3.8, 4) is 28.3 Å². The van der Waals surface area contributed by atoms with Crippen molar-refractivity contribution in [1.82, 2.24) is 14.6 Å². The Kier molecular flexibility index (Phi) is 5.33. The number of fused-ring (bicyclic) bond motifs is 1. The van der Waals surface area contributed by atoms with Crippen molar-refractivity contribution in [2.24, 2.45) is 0 Å². The standard InChI is InChI=1S/C26H28N4O/c1-3-21-13-7-8-15-29(21)26-18-23(19-10-5-4-6-11-19)27-25-17-24(28-30(25)26)20-12-9-14-22(16-20)31-2/h4-6,9-12,14,16-18,21H,3,7-8,13,15H2,1-2H3/t21-/m1/s1. The van der Waals surface area contributed by atoms with E-state index >= 15 is 0 Å². The minimum absolute atomic E-state index is 0.535. The second-order valence-electron chi connectivity index (χ2n) is 8.15. The monoisotopic (exact) mass is 412 g/mol. The van der Waals surface area contributed by atoms with Gasteiger partial charge in [-0.1, -0.05) is 49.4 Å². The van der Waals surface area contributed by atoms with Crippen molar-refractivity contribution >= 4 is 11.5 Å². The maximum atomic E-state index is 5.42. The molecule has 5 rings (SSSR count). The van der Waals surface area contributed by atoms with Crippen molar-refractivity contribution in [2.75, 3.05) is 18.6 Å². The van der Waals surface area contributed by atoms with Gasteiger partial charge in [0.15, 0.2) is 5.65 Å². The van der Waals surface area contributed by atoms with Gasteiger partial charge in [0.2, 0.25) is 0 Å². The van der Waals surface area contributed by atoms with Gasteiger partial charge < -0.3 is 9.64 Å². The van der Waals surface area contributed by atoms with Gasteiger partial charge in [0.1, 0.15) is 11.6 Å². The molecule has 0 spiro atoms. The van der Waals surface area contributed by atoms with Gasteiger partial charge in [-0.3, -0.25) is 0 Å². The molecule has 2 aromatic heterocycles. The van der Waals surface area contributed by atoms with E-state index in [2.05, 4.69) is 54.3 Å². The lowest BCUT2D eigenvalue weighted by molar-refractivity contribution is 0.415. The molecule has 1 fully saturated rings. The van der Waals surface area contributed by atoms with Gasteiger partial charge in [-0.05, 0) is 37.8 Å². The smallest absolute Gasteiger partial charge is 0.158 e. The van der Waals surface area contributed by atoms with Crippen LogP contribution in [0.3, 0.4) is 0 Å². The predicted octanol–water partition coefficient (Wildman–Crippen LogP) is 5.84. The molecule has 0 bridgehead atoms. The van der Waals surface area contributed by atoms with Gasteiger partial charge in [-0.2, -0.15) is 9.61 Å². The van der Waals surface area contributed by atoms with Gasteiger partial charge in [-0.25, -0.2) is 4.98 Å². The second-order valence-corrected chi connectivity index (χ2v) is 8.15. The molecular formula is C26H28N4O. The number of nitrogens with zero attached hydrogens (tertiary/aromatic N) is 4. The summed E-state index contributed by atoms with van der Waals surface area (Å²) in [5.74, 6) is 1.96. The fourth-order valence-electron chi connectivity index (χ4n) is 4.57. The maximum absolute atomic E-state index is 5.42. The average molecular weight is 413 g/mol. The lowest BCUT2D eigenvalue weighted by Gasteiger charge is -2.37. The zero-order valence-electron chi connectivity index (χ0n) is 18.2. The van der Waals surface area contributed by atoms with Gasteiger partial charge in [0.25, 0.3) is 0 Å². The lowest BCUT2D eigenvalue weighted by Crippen LogP contribution is -2.40. The number of hydrogen-bond acceptors (Lipinski definition) is 4. The van der Waals surface area contributed by atoms with Crippen LogP contribution in [0.1, 0.15) is 32.6 Å². The van der Waals surface area contributed by atoms with Crippen molar-refractivity contribution in [1.29, 1.82) is 0 Å². The molecule has 0 unspecified atom stereocenters. The van der Waals surface area contributed by atoms with Crippen LogP contribution in [0, 0.1) is 0 Å². The molecule has 0 radical (unpaired) electrons. The molecule has 0 aliphatic carbocycles. The van der Waals surface area contributed by atoms with Crippen LogP contribution >= 0.6 is 0 Å². The molecule has 31 heavy (non-hydrogen) atoms. The molecular weight excluding hydrogens is 384 g/mol. The molecule has 0 N–H and O–H groups in total. The van der Waals surface area contributed by atoms with Gasteiger partial charge in [0, 0.05) is 35.8 Å². The Balaban J connectivity index is 1.69. The summed E-state index contributed by atoms with van der Waals surface area (Å²) >= 11 is 0. The maximum Gasteiger partial charge on any atom is 0.158 e. The van der Waals surface area contributed by atoms with E-state index in [0.29, 0.717) is 6.04 Å². The van der Waals surface area contributed by atoms with E-state index in [1.807, 2.05) is 28.8 Å². The number of aromatic nitrogens is 3. The minimum Gasteiger partial charge on any atom is -0.497 e. The Hall–Kier alpha value is -3.34. The summed E-state index contributed by atoms with van der Waals surface area (Å²) in [5.41, 5.74) is 4.92. The highest BCUT2D eigenvalue weighted by atomic mass is 16.5. The van der Waals surface area contributed by atoms with Gasteiger partial charge in [-0.15, -0.1) is 0 Å². The molecule has 0 saturated carbocycles. The van der Waals surface area contributed by atoms with Gasteiger partial charge >= 0.3 is 0 Å². The third-order valence-corrected chi connectivity index (χ3v) is 6.24. The van der Waals surface area contributed by atoms with E-state index in [-0.39, 0.29) is 0 Å². The number of ether oxygens (including phenoxy) is 1. The summed E-state index contributed by atoms with van der Waals surface area (Å²) in [6, 6.07) is 23.3. The van der Waals surface area contributed by atoms with Crippen LogP contribution in [-0.2, 0) is 0 Å². The number of methoxy groups -OCH3 is 1. The molecule has 1 atom stereocenters. The summed E-state index contributed by atoms with van der Waals surface area (Å²) in [7, 11) is 1.69. The number of benzene rings is 2. The van der Waals surface area contributed by atoms with Crippen LogP contribution in [0.2, 0.25) is 0 Å². The van der Waals surface area contributed by atoms with E-state index in [1.165, 1.54) is 19.3 Å². The van der Waals surface area contributed by atoms with Crippen molar-refractivity contribution in [3.05, 3.63) is 66.7 Å². The molecule has 2 aromatic carbocycles. The first kappa shape index (κ1) is 19.6.